The topological polar surface area (TPSA) is 78.8 Å². The highest BCUT2D eigenvalue weighted by Gasteiger charge is 2.32. The van der Waals surface area contributed by atoms with E-state index < -0.39 is 46.6 Å². The highest BCUT2D eigenvalue weighted by Crippen LogP contribution is 2.31. The first-order valence-corrected chi connectivity index (χ1v) is 12.2. The molecule has 0 unspecified atom stereocenters. The summed E-state index contributed by atoms with van der Waals surface area (Å²) in [4.78, 5) is 12.4. The van der Waals surface area contributed by atoms with E-state index >= 15 is 0 Å². The predicted octanol–water partition coefficient (Wildman–Crippen LogP) is 5.15. The summed E-state index contributed by atoms with van der Waals surface area (Å²) in [7, 11) is -4.30. The lowest BCUT2D eigenvalue weighted by Crippen LogP contribution is -2.39. The molecule has 0 aliphatic carbocycles. The zero-order valence-corrected chi connectivity index (χ0v) is 20.3. The number of sulfonamides is 1. The van der Waals surface area contributed by atoms with Crippen molar-refractivity contribution in [1.29, 1.82) is 0 Å². The minimum atomic E-state index is -4.63. The fourth-order valence-electron chi connectivity index (χ4n) is 3.18. The summed E-state index contributed by atoms with van der Waals surface area (Å²) in [6.45, 7) is 0.380. The van der Waals surface area contributed by atoms with Crippen molar-refractivity contribution in [2.45, 2.75) is 24.5 Å². The molecular weight excluding hydrogens is 522 g/mol. The molecule has 0 aliphatic heterocycles. The van der Waals surface area contributed by atoms with Crippen molar-refractivity contribution in [2.75, 3.05) is 6.54 Å². The molecule has 0 spiro atoms. The third-order valence-corrected chi connectivity index (χ3v) is 7.19. The van der Waals surface area contributed by atoms with E-state index in [0.29, 0.717) is 4.31 Å². The van der Waals surface area contributed by atoms with Gasteiger partial charge in [0.05, 0.1) is 23.2 Å². The van der Waals surface area contributed by atoms with E-state index in [1.807, 2.05) is 5.43 Å². The van der Waals surface area contributed by atoms with E-state index in [9.17, 15) is 30.8 Å². The monoisotopic (exact) mass is 541 g/mol. The summed E-state index contributed by atoms with van der Waals surface area (Å²) in [5.74, 6) is -1.73. The normalized spacial score (nSPS) is 12.3. The Morgan fingerprint density at radius 2 is 1.72 bits per heavy atom. The van der Waals surface area contributed by atoms with Crippen LogP contribution >= 0.6 is 11.6 Å². The van der Waals surface area contributed by atoms with Crippen LogP contribution in [0.2, 0.25) is 5.02 Å². The van der Waals surface area contributed by atoms with Gasteiger partial charge in [-0.2, -0.15) is 22.6 Å². The number of nitrogens with one attached hydrogen (secondary N) is 1. The molecule has 0 aromatic heterocycles. The number of nitrogens with zero attached hydrogens (tertiary/aromatic N) is 2. The van der Waals surface area contributed by atoms with Gasteiger partial charge in [-0.1, -0.05) is 53.6 Å². The maximum atomic E-state index is 14.4. The Labute approximate surface area is 210 Å². The average molecular weight is 542 g/mol. The van der Waals surface area contributed by atoms with Crippen LogP contribution < -0.4 is 5.43 Å². The summed E-state index contributed by atoms with van der Waals surface area (Å²) in [6, 6.07) is 14.2. The van der Waals surface area contributed by atoms with Gasteiger partial charge in [0.1, 0.15) is 5.82 Å². The van der Waals surface area contributed by atoms with Crippen LogP contribution in [0.25, 0.3) is 0 Å². The Hall–Kier alpha value is -3.28. The van der Waals surface area contributed by atoms with E-state index in [0.717, 1.165) is 30.0 Å². The van der Waals surface area contributed by atoms with Gasteiger partial charge in [-0.3, -0.25) is 4.79 Å². The Bertz CT molecular complexity index is 1360. The van der Waals surface area contributed by atoms with Crippen molar-refractivity contribution in [2.24, 2.45) is 5.10 Å². The van der Waals surface area contributed by atoms with Gasteiger partial charge >= 0.3 is 6.18 Å². The fourth-order valence-corrected chi connectivity index (χ4v) is 4.77. The van der Waals surface area contributed by atoms with E-state index in [1.165, 1.54) is 36.4 Å². The number of halogens is 5. The SMILES string of the molecule is Cc1ccc(S(=O)(=O)N(CC(=O)NN=Cc2ccccc2C(F)(F)F)Cc2c(F)cccc2Cl)cc1. The lowest BCUT2D eigenvalue weighted by Gasteiger charge is -2.22. The van der Waals surface area contributed by atoms with Crippen LogP contribution in [0.5, 0.6) is 0 Å². The molecule has 1 amide bonds. The summed E-state index contributed by atoms with van der Waals surface area (Å²) >= 11 is 6.05. The maximum Gasteiger partial charge on any atom is 0.417 e. The van der Waals surface area contributed by atoms with Gasteiger partial charge in [-0.25, -0.2) is 18.2 Å². The molecule has 3 aromatic rings. The van der Waals surface area contributed by atoms with Gasteiger partial charge < -0.3 is 0 Å². The Balaban J connectivity index is 1.86. The number of aryl methyl sites for hydroxylation is 1. The summed E-state index contributed by atoms with van der Waals surface area (Å²) < 4.78 is 81.0. The van der Waals surface area contributed by atoms with E-state index in [1.54, 1.807) is 19.1 Å². The molecule has 0 atom stereocenters. The number of carbonyl (C=O) groups is 1. The zero-order chi connectivity index (χ0) is 26.5. The second-order valence-corrected chi connectivity index (χ2v) is 10.0. The third kappa shape index (κ3) is 6.68. The second-order valence-electron chi connectivity index (χ2n) is 7.66. The molecule has 1 N–H and O–H groups in total. The van der Waals surface area contributed by atoms with Gasteiger partial charge in [0.25, 0.3) is 5.91 Å². The maximum absolute atomic E-state index is 14.4. The average Bonchev–Trinajstić information content (AvgIpc) is 2.80. The summed E-state index contributed by atoms with van der Waals surface area (Å²) in [5.41, 5.74) is 1.41. The molecule has 0 radical (unpaired) electrons. The number of benzene rings is 3. The molecule has 0 heterocycles. The predicted molar refractivity (Wildman–Crippen MR) is 127 cm³/mol. The zero-order valence-electron chi connectivity index (χ0n) is 18.8. The first kappa shape index (κ1) is 27.3. The van der Waals surface area contributed by atoms with E-state index in [4.69, 9.17) is 11.6 Å². The number of hydrogen-bond donors (Lipinski definition) is 1. The molecule has 0 saturated heterocycles. The van der Waals surface area contributed by atoms with Crippen molar-refractivity contribution in [3.63, 3.8) is 0 Å². The van der Waals surface area contributed by atoms with E-state index in [2.05, 4.69) is 5.10 Å². The van der Waals surface area contributed by atoms with Gasteiger partial charge in [0.2, 0.25) is 10.0 Å². The fraction of sp³-hybridized carbons (Fsp3) is 0.167. The largest absolute Gasteiger partial charge is 0.417 e. The molecule has 3 aromatic carbocycles. The minimum Gasteiger partial charge on any atom is -0.272 e. The molecule has 6 nitrogen and oxygen atoms in total. The van der Waals surface area contributed by atoms with Crippen LogP contribution in [-0.4, -0.2) is 31.4 Å². The third-order valence-electron chi connectivity index (χ3n) is 5.03. The van der Waals surface area contributed by atoms with Crippen LogP contribution in [0, 0.1) is 12.7 Å². The quantitative estimate of drug-likeness (QED) is 0.243. The number of carbonyl (C=O) groups excluding carboxylic acids is 1. The van der Waals surface area contributed by atoms with Crippen molar-refractivity contribution in [3.05, 3.63) is 99.8 Å². The number of rotatable bonds is 8. The lowest BCUT2D eigenvalue weighted by atomic mass is 10.1. The summed E-state index contributed by atoms with van der Waals surface area (Å²) in [6.07, 6.45) is -3.84. The first-order valence-electron chi connectivity index (χ1n) is 10.4. The minimum absolute atomic E-state index is 0.0405. The van der Waals surface area contributed by atoms with Crippen molar-refractivity contribution in [3.8, 4) is 0 Å². The van der Waals surface area contributed by atoms with Gasteiger partial charge in [0, 0.05) is 22.7 Å². The first-order chi connectivity index (χ1) is 16.9. The van der Waals surface area contributed by atoms with Gasteiger partial charge in [0.15, 0.2) is 0 Å². The molecule has 0 aliphatic rings. The Kier molecular flexibility index (Phi) is 8.49. The van der Waals surface area contributed by atoms with Gasteiger partial charge in [-0.15, -0.1) is 0 Å². The van der Waals surface area contributed by atoms with Crippen LogP contribution in [-0.2, 0) is 27.5 Å². The number of alkyl halides is 3. The van der Waals surface area contributed by atoms with Crippen molar-refractivity contribution < 1.29 is 30.8 Å². The Morgan fingerprint density at radius 3 is 2.36 bits per heavy atom. The second kappa shape index (κ2) is 11.2. The molecule has 0 saturated carbocycles. The van der Waals surface area contributed by atoms with Crippen LogP contribution in [0.3, 0.4) is 0 Å². The molecule has 190 valence electrons. The number of hydrazone groups is 1. The number of amides is 1. The number of hydrogen-bond acceptors (Lipinski definition) is 4. The van der Waals surface area contributed by atoms with Crippen molar-refractivity contribution in [1.82, 2.24) is 9.73 Å². The molecule has 0 bridgehead atoms. The molecule has 12 heteroatoms. The summed E-state index contributed by atoms with van der Waals surface area (Å²) in [5, 5.41) is 3.49. The molecule has 3 rings (SSSR count). The molecule has 0 fully saturated rings. The van der Waals surface area contributed by atoms with Gasteiger partial charge in [-0.05, 0) is 37.3 Å². The van der Waals surface area contributed by atoms with Crippen molar-refractivity contribution >= 4 is 33.7 Å². The molecular formula is C24H20ClF4N3O3S. The van der Waals surface area contributed by atoms with Crippen LogP contribution in [0.4, 0.5) is 17.6 Å². The Morgan fingerprint density at radius 1 is 1.06 bits per heavy atom. The lowest BCUT2D eigenvalue weighted by molar-refractivity contribution is -0.137. The molecule has 36 heavy (non-hydrogen) atoms. The standard InChI is InChI=1S/C24H20ClF4N3O3S/c1-16-9-11-18(12-10-16)36(34,35)32(14-19-21(25)7-4-8-22(19)26)15-23(33)31-30-13-17-5-2-3-6-20(17)24(27,28)29/h2-13H,14-15H2,1H3,(H,31,33). The highest BCUT2D eigenvalue weighted by molar-refractivity contribution is 7.89. The highest BCUT2D eigenvalue weighted by atomic mass is 35.5. The smallest absolute Gasteiger partial charge is 0.272 e. The van der Waals surface area contributed by atoms with Crippen LogP contribution in [0.15, 0.2) is 76.7 Å². The van der Waals surface area contributed by atoms with E-state index in [-0.39, 0.29) is 21.0 Å². The van der Waals surface area contributed by atoms with Crippen LogP contribution in [0.1, 0.15) is 22.3 Å².